The summed E-state index contributed by atoms with van der Waals surface area (Å²) in [4.78, 5) is 37.1. The Morgan fingerprint density at radius 3 is 1.97 bits per heavy atom. The molecule has 0 unspecified atom stereocenters. The standard InChI is InChI=1S/C26H45N3O7/c1-2-3-4-5-6-7-8-9-10-11-12-13-14-15-16-17-22(31)35-19-20-23(32)24(33)25(36-20)29-26(34)28-21(30)18-27-29/h18,20,23-25,32-33H,2-17,19H2,1H3,(H,28,30,34)/t20-,23-,24-,25-/m1/s1. The molecular weight excluding hydrogens is 466 g/mol. The molecule has 0 amide bonds. The van der Waals surface area contributed by atoms with Gasteiger partial charge < -0.3 is 19.7 Å². The minimum Gasteiger partial charge on any atom is -0.463 e. The molecule has 10 heteroatoms. The largest absolute Gasteiger partial charge is 0.463 e. The van der Waals surface area contributed by atoms with Gasteiger partial charge in [-0.25, -0.2) is 4.79 Å². The van der Waals surface area contributed by atoms with Crippen molar-refractivity contribution in [1.82, 2.24) is 14.8 Å². The first-order chi connectivity index (χ1) is 17.4. The topological polar surface area (TPSA) is 144 Å². The van der Waals surface area contributed by atoms with Gasteiger partial charge in [-0.15, -0.1) is 0 Å². The van der Waals surface area contributed by atoms with Crippen LogP contribution in [0.15, 0.2) is 15.8 Å². The number of ether oxygens (including phenoxy) is 2. The number of aliphatic hydroxyl groups excluding tert-OH is 2. The van der Waals surface area contributed by atoms with Gasteiger partial charge in [-0.05, 0) is 6.42 Å². The quantitative estimate of drug-likeness (QED) is 0.189. The van der Waals surface area contributed by atoms with Crippen molar-refractivity contribution in [3.05, 3.63) is 27.0 Å². The molecule has 10 nitrogen and oxygen atoms in total. The molecule has 0 spiro atoms. The average molecular weight is 512 g/mol. The van der Waals surface area contributed by atoms with Crippen LogP contribution in [0.1, 0.15) is 116 Å². The zero-order valence-corrected chi connectivity index (χ0v) is 21.7. The molecule has 0 aromatic carbocycles. The number of aliphatic hydroxyl groups is 2. The second kappa shape index (κ2) is 17.4. The van der Waals surface area contributed by atoms with Crippen molar-refractivity contribution >= 4 is 5.97 Å². The summed E-state index contributed by atoms with van der Waals surface area (Å²) in [6.07, 6.45) is 14.8. The first-order valence-corrected chi connectivity index (χ1v) is 13.8. The van der Waals surface area contributed by atoms with Crippen LogP contribution in [-0.2, 0) is 14.3 Å². The Labute approximate surface area is 213 Å². The Bertz CT molecular complexity index is 856. The van der Waals surface area contributed by atoms with E-state index in [1.807, 2.05) is 4.98 Å². The zero-order chi connectivity index (χ0) is 26.2. The van der Waals surface area contributed by atoms with Gasteiger partial charge in [-0.2, -0.15) is 9.78 Å². The second-order valence-corrected chi connectivity index (χ2v) is 9.81. The molecule has 36 heavy (non-hydrogen) atoms. The highest BCUT2D eigenvalue weighted by atomic mass is 16.6. The summed E-state index contributed by atoms with van der Waals surface area (Å²) in [6, 6.07) is 0. The maximum absolute atomic E-state index is 12.0. The van der Waals surface area contributed by atoms with Gasteiger partial charge in [-0.1, -0.05) is 96.8 Å². The fraction of sp³-hybridized carbons (Fsp3) is 0.846. The summed E-state index contributed by atoms with van der Waals surface area (Å²) in [5.74, 6) is -0.391. The van der Waals surface area contributed by atoms with E-state index in [4.69, 9.17) is 9.47 Å². The van der Waals surface area contributed by atoms with E-state index < -0.39 is 41.8 Å². The fourth-order valence-electron chi connectivity index (χ4n) is 4.50. The SMILES string of the molecule is CCCCCCCCCCCCCCCCCC(=O)OC[C@H]1O[C@@H](n2ncc(=O)[nH]c2=O)[C@H](O)[C@@H]1O. The molecule has 206 valence electrons. The molecule has 3 N–H and O–H groups in total. The molecule has 0 radical (unpaired) electrons. The summed E-state index contributed by atoms with van der Waals surface area (Å²) in [7, 11) is 0. The Morgan fingerprint density at radius 2 is 1.44 bits per heavy atom. The van der Waals surface area contributed by atoms with Gasteiger partial charge >= 0.3 is 11.7 Å². The smallest absolute Gasteiger partial charge is 0.347 e. The van der Waals surface area contributed by atoms with E-state index in [1.54, 1.807) is 0 Å². The average Bonchev–Trinajstić information content (AvgIpc) is 3.13. The third-order valence-corrected chi connectivity index (χ3v) is 6.71. The monoisotopic (exact) mass is 511 g/mol. The first-order valence-electron chi connectivity index (χ1n) is 13.8. The number of rotatable bonds is 19. The molecule has 2 rings (SSSR count). The molecule has 1 aliphatic rings. The van der Waals surface area contributed by atoms with Gasteiger partial charge in [0.25, 0.3) is 5.56 Å². The Balaban J connectivity index is 1.47. The molecule has 4 atom stereocenters. The van der Waals surface area contributed by atoms with E-state index in [2.05, 4.69) is 12.0 Å². The fourth-order valence-corrected chi connectivity index (χ4v) is 4.50. The lowest BCUT2D eigenvalue weighted by Crippen LogP contribution is -2.39. The van der Waals surface area contributed by atoms with Crippen LogP contribution in [0.25, 0.3) is 0 Å². The van der Waals surface area contributed by atoms with Gasteiger partial charge in [0.2, 0.25) is 0 Å². The van der Waals surface area contributed by atoms with Gasteiger partial charge in [0, 0.05) is 6.42 Å². The number of nitrogens with one attached hydrogen (secondary N) is 1. The number of H-pyrrole nitrogens is 1. The molecule has 2 heterocycles. The molecule has 1 aromatic heterocycles. The van der Waals surface area contributed by atoms with Crippen LogP contribution in [0.2, 0.25) is 0 Å². The number of aromatic nitrogens is 3. The summed E-state index contributed by atoms with van der Waals surface area (Å²) in [5, 5.41) is 24.0. The number of esters is 1. The Hall–Kier alpha value is -2.04. The van der Waals surface area contributed by atoms with Crippen molar-refractivity contribution < 1.29 is 24.5 Å². The number of unbranched alkanes of at least 4 members (excludes halogenated alkanes) is 14. The molecule has 1 fully saturated rings. The zero-order valence-electron chi connectivity index (χ0n) is 21.7. The van der Waals surface area contributed by atoms with Crippen molar-refractivity contribution in [3.8, 4) is 0 Å². The van der Waals surface area contributed by atoms with Crippen molar-refractivity contribution in [2.45, 2.75) is 134 Å². The highest BCUT2D eigenvalue weighted by Gasteiger charge is 2.45. The summed E-state index contributed by atoms with van der Waals surface area (Å²) in [6.45, 7) is 2.01. The minimum atomic E-state index is -1.46. The molecule has 1 aliphatic heterocycles. The third-order valence-electron chi connectivity index (χ3n) is 6.71. The molecule has 0 aliphatic carbocycles. The third kappa shape index (κ3) is 10.9. The predicted molar refractivity (Wildman–Crippen MR) is 136 cm³/mol. The van der Waals surface area contributed by atoms with Gasteiger partial charge in [0.05, 0.1) is 0 Å². The lowest BCUT2D eigenvalue weighted by molar-refractivity contribution is -0.150. The number of carbonyl (C=O) groups is 1. The first kappa shape index (κ1) is 30.2. The van der Waals surface area contributed by atoms with E-state index in [-0.39, 0.29) is 13.0 Å². The van der Waals surface area contributed by atoms with Crippen LogP contribution in [0.3, 0.4) is 0 Å². The van der Waals surface area contributed by atoms with E-state index in [9.17, 15) is 24.6 Å². The number of carbonyl (C=O) groups excluding carboxylic acids is 1. The molecule has 1 saturated heterocycles. The highest BCUT2D eigenvalue weighted by molar-refractivity contribution is 5.69. The van der Waals surface area contributed by atoms with Crippen LogP contribution >= 0.6 is 0 Å². The normalized spacial score (nSPS) is 21.6. The van der Waals surface area contributed by atoms with Gasteiger partial charge in [-0.3, -0.25) is 14.6 Å². The van der Waals surface area contributed by atoms with Crippen molar-refractivity contribution in [3.63, 3.8) is 0 Å². The number of hydrogen-bond donors (Lipinski definition) is 3. The predicted octanol–water partition coefficient (Wildman–Crippen LogP) is 3.36. The van der Waals surface area contributed by atoms with Crippen molar-refractivity contribution in [2.24, 2.45) is 0 Å². The number of aromatic amines is 1. The van der Waals surface area contributed by atoms with Crippen LogP contribution < -0.4 is 11.2 Å². The summed E-state index contributed by atoms with van der Waals surface area (Å²) in [5.41, 5.74) is -1.56. The molecule has 0 saturated carbocycles. The van der Waals surface area contributed by atoms with Crippen LogP contribution in [0.5, 0.6) is 0 Å². The van der Waals surface area contributed by atoms with Crippen molar-refractivity contribution in [1.29, 1.82) is 0 Å². The lowest BCUT2D eigenvalue weighted by atomic mass is 10.0. The maximum atomic E-state index is 12.0. The van der Waals surface area contributed by atoms with Crippen LogP contribution in [0.4, 0.5) is 0 Å². The maximum Gasteiger partial charge on any atom is 0.347 e. The van der Waals surface area contributed by atoms with E-state index in [1.165, 1.54) is 77.0 Å². The summed E-state index contributed by atoms with van der Waals surface area (Å²) >= 11 is 0. The second-order valence-electron chi connectivity index (χ2n) is 9.81. The minimum absolute atomic E-state index is 0.246. The Morgan fingerprint density at radius 1 is 0.917 bits per heavy atom. The number of nitrogens with zero attached hydrogens (tertiary/aromatic N) is 2. The van der Waals surface area contributed by atoms with E-state index >= 15 is 0 Å². The summed E-state index contributed by atoms with van der Waals surface area (Å²) < 4.78 is 11.4. The number of hydrogen-bond acceptors (Lipinski definition) is 8. The molecule has 0 bridgehead atoms. The van der Waals surface area contributed by atoms with Crippen LogP contribution in [-0.4, -0.2) is 55.9 Å². The highest BCUT2D eigenvalue weighted by Crippen LogP contribution is 2.28. The molecule has 1 aromatic rings. The van der Waals surface area contributed by atoms with Gasteiger partial charge in [0.15, 0.2) is 6.23 Å². The Kier molecular flexibility index (Phi) is 14.6. The van der Waals surface area contributed by atoms with Gasteiger partial charge in [0.1, 0.15) is 31.1 Å². The molecular formula is C26H45N3O7. The van der Waals surface area contributed by atoms with E-state index in [0.29, 0.717) is 0 Å². The lowest BCUT2D eigenvalue weighted by Gasteiger charge is -2.15. The van der Waals surface area contributed by atoms with Crippen molar-refractivity contribution in [2.75, 3.05) is 6.61 Å². The van der Waals surface area contributed by atoms with Crippen LogP contribution in [0, 0.1) is 0 Å². The van der Waals surface area contributed by atoms with E-state index in [0.717, 1.165) is 30.1 Å².